The number of carbonyl (C=O) groups excluding carboxylic acids is 1. The molecule has 2 atom stereocenters. The third-order valence-electron chi connectivity index (χ3n) is 6.29. The first-order valence-corrected chi connectivity index (χ1v) is 11.9. The average molecular weight is 502 g/mol. The molecular formula is C30H25F2NO4. The molecule has 1 aliphatic heterocycles. The van der Waals surface area contributed by atoms with Gasteiger partial charge in [0.05, 0.1) is 12.2 Å². The number of rotatable bonds is 8. The van der Waals surface area contributed by atoms with Gasteiger partial charge in [0.1, 0.15) is 11.7 Å². The lowest BCUT2D eigenvalue weighted by molar-refractivity contribution is -0.127. The first kappa shape index (κ1) is 24.8. The summed E-state index contributed by atoms with van der Waals surface area (Å²) in [6, 6.07) is 33.0. The number of halogens is 2. The van der Waals surface area contributed by atoms with Crippen molar-refractivity contribution in [3.8, 4) is 0 Å². The Balaban J connectivity index is 1.50. The second-order valence-corrected chi connectivity index (χ2v) is 8.66. The van der Waals surface area contributed by atoms with Gasteiger partial charge in [0, 0.05) is 0 Å². The predicted octanol–water partition coefficient (Wildman–Crippen LogP) is 5.72. The van der Waals surface area contributed by atoms with E-state index in [-0.39, 0.29) is 12.2 Å². The summed E-state index contributed by atoms with van der Waals surface area (Å²) in [7, 11) is 0. The lowest BCUT2D eigenvalue weighted by atomic mass is 9.80. The molecule has 1 saturated heterocycles. The fourth-order valence-electron chi connectivity index (χ4n) is 4.51. The van der Waals surface area contributed by atoms with Crippen molar-refractivity contribution in [2.45, 2.75) is 23.9 Å². The van der Waals surface area contributed by atoms with Crippen molar-refractivity contribution in [3.05, 3.63) is 144 Å². The summed E-state index contributed by atoms with van der Waals surface area (Å²) in [5, 5.41) is 0. The van der Waals surface area contributed by atoms with Gasteiger partial charge in [-0.2, -0.15) is 8.78 Å². The molecule has 0 aromatic heterocycles. The number of nitrogens with one attached hydrogen (secondary N) is 1. The van der Waals surface area contributed by atoms with E-state index in [9.17, 15) is 13.6 Å². The smallest absolute Gasteiger partial charge is 0.362 e. The van der Waals surface area contributed by atoms with Gasteiger partial charge >= 0.3 is 12.0 Å². The number of hydrogen-bond acceptors (Lipinski definition) is 5. The lowest BCUT2D eigenvalue weighted by Gasteiger charge is -2.37. The maximum Gasteiger partial charge on any atom is 0.362 e. The Morgan fingerprint density at radius 2 is 1.19 bits per heavy atom. The molecule has 37 heavy (non-hydrogen) atoms. The van der Waals surface area contributed by atoms with E-state index in [0.29, 0.717) is 0 Å². The largest absolute Gasteiger partial charge is 0.448 e. The van der Waals surface area contributed by atoms with Crippen LogP contribution in [0.3, 0.4) is 0 Å². The van der Waals surface area contributed by atoms with Gasteiger partial charge in [-0.1, -0.05) is 109 Å². The molecule has 7 heteroatoms. The molecule has 0 spiro atoms. The zero-order valence-corrected chi connectivity index (χ0v) is 19.8. The van der Waals surface area contributed by atoms with Crippen molar-refractivity contribution in [2.24, 2.45) is 0 Å². The number of ether oxygens (including phenoxy) is 2. The number of hydroxylamine groups is 1. The average Bonchev–Trinajstić information content (AvgIpc) is 3.24. The van der Waals surface area contributed by atoms with E-state index < -0.39 is 29.8 Å². The van der Waals surface area contributed by atoms with E-state index >= 15 is 0 Å². The highest BCUT2D eigenvalue weighted by atomic mass is 19.3. The van der Waals surface area contributed by atoms with Crippen molar-refractivity contribution >= 4 is 5.97 Å². The molecule has 0 amide bonds. The maximum atomic E-state index is 14.8. The monoisotopic (exact) mass is 501 g/mol. The fraction of sp³-hybridized carbons (Fsp3) is 0.167. The minimum Gasteiger partial charge on any atom is -0.448 e. The van der Waals surface area contributed by atoms with Crippen LogP contribution in [0, 0.1) is 0 Å². The number of carbonyl (C=O) groups is 1. The zero-order valence-electron chi connectivity index (χ0n) is 19.8. The quantitative estimate of drug-likeness (QED) is 0.190. The summed E-state index contributed by atoms with van der Waals surface area (Å²) in [5.74, 6) is -0.872. The number of hydrogen-bond donors (Lipinski definition) is 1. The van der Waals surface area contributed by atoms with E-state index in [4.69, 9.17) is 14.3 Å². The summed E-state index contributed by atoms with van der Waals surface area (Å²) in [5.41, 5.74) is 3.17. The van der Waals surface area contributed by atoms with Gasteiger partial charge in [0.25, 0.3) is 0 Å². The number of esters is 1. The summed E-state index contributed by atoms with van der Waals surface area (Å²) in [6.45, 7) is -0.298. The topological polar surface area (TPSA) is 56.8 Å². The van der Waals surface area contributed by atoms with Crippen LogP contribution < -0.4 is 5.48 Å². The molecule has 0 saturated carbocycles. The lowest BCUT2D eigenvalue weighted by Crippen LogP contribution is -2.45. The molecule has 188 valence electrons. The molecule has 5 rings (SSSR count). The second-order valence-electron chi connectivity index (χ2n) is 8.66. The molecule has 0 radical (unpaired) electrons. The highest BCUT2D eigenvalue weighted by molar-refractivity contribution is 5.89. The highest BCUT2D eigenvalue weighted by Gasteiger charge is 2.55. The molecular weight excluding hydrogens is 476 g/mol. The van der Waals surface area contributed by atoms with Crippen LogP contribution in [0.1, 0.15) is 27.0 Å². The van der Waals surface area contributed by atoms with Crippen LogP contribution in [0.25, 0.3) is 0 Å². The summed E-state index contributed by atoms with van der Waals surface area (Å²) in [6.07, 6.45) is -3.18. The van der Waals surface area contributed by atoms with E-state index in [2.05, 4.69) is 0 Å². The first-order chi connectivity index (χ1) is 18.0. The molecule has 0 aliphatic carbocycles. The van der Waals surface area contributed by atoms with E-state index in [1.807, 2.05) is 91.0 Å². The third kappa shape index (κ3) is 5.02. The van der Waals surface area contributed by atoms with Crippen LogP contribution in [0.2, 0.25) is 0 Å². The predicted molar refractivity (Wildman–Crippen MR) is 134 cm³/mol. The molecule has 4 aromatic carbocycles. The van der Waals surface area contributed by atoms with Gasteiger partial charge in [0.2, 0.25) is 6.10 Å². The molecule has 1 heterocycles. The summed E-state index contributed by atoms with van der Waals surface area (Å²) in [4.78, 5) is 17.8. The first-order valence-electron chi connectivity index (χ1n) is 11.9. The van der Waals surface area contributed by atoms with Gasteiger partial charge in [-0.05, 0) is 28.8 Å². The minimum atomic E-state index is -3.60. The molecule has 1 fully saturated rings. The van der Waals surface area contributed by atoms with E-state index in [0.717, 1.165) is 16.7 Å². The van der Waals surface area contributed by atoms with Crippen LogP contribution in [0.4, 0.5) is 8.78 Å². The second kappa shape index (κ2) is 10.6. The standard InChI is InChI=1S/C30H25F2NO4/c31-30(32)27(36-28(34)22-13-5-1-6-14-22)26(37-33-30)21-35-29(23-15-7-2-8-16-23,24-17-9-3-10-18-24)25-19-11-4-12-20-25/h1-20,26-27,33H,21H2/t26-,27?/m1/s1. The molecule has 0 bridgehead atoms. The van der Waals surface area contributed by atoms with Crippen LogP contribution >= 0.6 is 0 Å². The van der Waals surface area contributed by atoms with Crippen molar-refractivity contribution in [1.82, 2.24) is 5.48 Å². The maximum absolute atomic E-state index is 14.8. The van der Waals surface area contributed by atoms with E-state index in [1.165, 1.54) is 12.1 Å². The Bertz CT molecular complexity index is 1210. The van der Waals surface area contributed by atoms with Gasteiger partial charge < -0.3 is 9.47 Å². The fourth-order valence-corrected chi connectivity index (χ4v) is 4.51. The molecule has 4 aromatic rings. The highest BCUT2D eigenvalue weighted by Crippen LogP contribution is 2.41. The number of alkyl halides is 2. The molecule has 1 N–H and O–H groups in total. The van der Waals surface area contributed by atoms with Crippen LogP contribution in [-0.4, -0.2) is 30.8 Å². The SMILES string of the molecule is O=C(OC1[C@@H](COC(c2ccccc2)(c2ccccc2)c2ccccc2)ONC1(F)F)c1ccccc1. The van der Waals surface area contributed by atoms with Crippen molar-refractivity contribution in [3.63, 3.8) is 0 Å². The van der Waals surface area contributed by atoms with E-state index in [1.54, 1.807) is 23.7 Å². The van der Waals surface area contributed by atoms with Crippen LogP contribution in [-0.2, 0) is 19.9 Å². The molecule has 5 nitrogen and oxygen atoms in total. The van der Waals surface area contributed by atoms with Crippen molar-refractivity contribution < 1.29 is 27.9 Å². The normalized spacial score (nSPS) is 18.9. The van der Waals surface area contributed by atoms with Crippen LogP contribution in [0.5, 0.6) is 0 Å². The Kier molecular flexibility index (Phi) is 7.10. The Morgan fingerprint density at radius 1 is 0.757 bits per heavy atom. The molecule has 1 unspecified atom stereocenters. The summed E-state index contributed by atoms with van der Waals surface area (Å²) >= 11 is 0. The third-order valence-corrected chi connectivity index (χ3v) is 6.29. The van der Waals surface area contributed by atoms with Gasteiger partial charge in [-0.3, -0.25) is 4.84 Å². The Labute approximate surface area is 213 Å². The van der Waals surface area contributed by atoms with Gasteiger partial charge in [-0.15, -0.1) is 5.48 Å². The van der Waals surface area contributed by atoms with Crippen molar-refractivity contribution in [1.29, 1.82) is 0 Å². The van der Waals surface area contributed by atoms with Gasteiger partial charge in [0.15, 0.2) is 0 Å². The molecule has 1 aliphatic rings. The van der Waals surface area contributed by atoms with Crippen LogP contribution in [0.15, 0.2) is 121 Å². The van der Waals surface area contributed by atoms with Gasteiger partial charge in [-0.25, -0.2) is 4.79 Å². The Morgan fingerprint density at radius 3 is 1.65 bits per heavy atom. The zero-order chi connectivity index (χ0) is 25.7. The van der Waals surface area contributed by atoms with Crippen molar-refractivity contribution in [2.75, 3.05) is 6.61 Å². The number of benzene rings is 4. The summed E-state index contributed by atoms with van der Waals surface area (Å²) < 4.78 is 41.4. The minimum absolute atomic E-state index is 0.164. The Hall–Kier alpha value is -3.91.